The fourth-order valence-corrected chi connectivity index (χ4v) is 1.85. The summed E-state index contributed by atoms with van der Waals surface area (Å²) in [7, 11) is 0. The zero-order chi connectivity index (χ0) is 15.1. The van der Waals surface area contributed by atoms with Gasteiger partial charge in [-0.05, 0) is 26.7 Å². The zero-order valence-corrected chi connectivity index (χ0v) is 12.3. The number of aromatic nitrogens is 5. The Labute approximate surface area is 123 Å². The third-order valence-electron chi connectivity index (χ3n) is 2.86. The molecule has 0 aliphatic rings. The lowest BCUT2D eigenvalue weighted by atomic mass is 10.2. The second-order valence-corrected chi connectivity index (χ2v) is 4.69. The van der Waals surface area contributed by atoms with Crippen LogP contribution in [-0.4, -0.2) is 48.8 Å². The van der Waals surface area contributed by atoms with E-state index < -0.39 is 0 Å². The molecule has 0 aromatic carbocycles. The van der Waals surface area contributed by atoms with Crippen LogP contribution in [0, 0.1) is 0 Å². The van der Waals surface area contributed by atoms with Crippen molar-refractivity contribution in [2.24, 2.45) is 0 Å². The third-order valence-corrected chi connectivity index (χ3v) is 2.86. The molecule has 0 fully saturated rings. The summed E-state index contributed by atoms with van der Waals surface area (Å²) in [6.07, 6.45) is 6.69. The standard InChI is InChI=1S/C13H21N7O/c1-3-15-11-17-12(16-10(2)5-4-8-21)19-13(18-11)20-7-6-14-9-20/h6-7,9-10,21H,3-5,8H2,1-2H3,(H2,15,16,17,18,19). The summed E-state index contributed by atoms with van der Waals surface area (Å²) in [6, 6.07) is 0.171. The maximum Gasteiger partial charge on any atom is 0.241 e. The Bertz CT molecular complexity index is 543. The molecule has 0 aliphatic heterocycles. The minimum Gasteiger partial charge on any atom is -0.396 e. The summed E-state index contributed by atoms with van der Waals surface area (Å²) in [5, 5.41) is 15.2. The van der Waals surface area contributed by atoms with Crippen LogP contribution in [0.25, 0.3) is 5.95 Å². The molecule has 21 heavy (non-hydrogen) atoms. The number of rotatable bonds is 8. The predicted octanol–water partition coefficient (Wildman–Crippen LogP) is 1.06. The molecule has 2 rings (SSSR count). The Balaban J connectivity index is 2.19. The highest BCUT2D eigenvalue weighted by Crippen LogP contribution is 2.11. The first-order valence-electron chi connectivity index (χ1n) is 7.08. The molecular formula is C13H21N7O. The topological polar surface area (TPSA) is 101 Å². The molecular weight excluding hydrogens is 270 g/mol. The summed E-state index contributed by atoms with van der Waals surface area (Å²) in [5.74, 6) is 1.54. The molecule has 0 spiro atoms. The van der Waals surface area contributed by atoms with E-state index in [2.05, 4.69) is 30.6 Å². The van der Waals surface area contributed by atoms with Crippen molar-refractivity contribution in [3.63, 3.8) is 0 Å². The van der Waals surface area contributed by atoms with E-state index in [-0.39, 0.29) is 12.6 Å². The van der Waals surface area contributed by atoms with Gasteiger partial charge in [0.1, 0.15) is 6.33 Å². The minimum atomic E-state index is 0.171. The summed E-state index contributed by atoms with van der Waals surface area (Å²) in [6.45, 7) is 4.93. The summed E-state index contributed by atoms with van der Waals surface area (Å²) < 4.78 is 1.73. The molecule has 2 heterocycles. The lowest BCUT2D eigenvalue weighted by Crippen LogP contribution is -2.19. The predicted molar refractivity (Wildman–Crippen MR) is 80.5 cm³/mol. The van der Waals surface area contributed by atoms with E-state index >= 15 is 0 Å². The molecule has 114 valence electrons. The van der Waals surface area contributed by atoms with Crippen LogP contribution < -0.4 is 10.6 Å². The zero-order valence-electron chi connectivity index (χ0n) is 12.3. The average Bonchev–Trinajstić information content (AvgIpc) is 2.99. The number of nitrogens with one attached hydrogen (secondary N) is 2. The molecule has 0 amide bonds. The van der Waals surface area contributed by atoms with Crippen molar-refractivity contribution in [1.82, 2.24) is 24.5 Å². The highest BCUT2D eigenvalue weighted by atomic mass is 16.2. The Morgan fingerprint density at radius 1 is 1.29 bits per heavy atom. The van der Waals surface area contributed by atoms with E-state index in [1.807, 2.05) is 13.8 Å². The van der Waals surface area contributed by atoms with Gasteiger partial charge in [-0.3, -0.25) is 4.57 Å². The van der Waals surface area contributed by atoms with Gasteiger partial charge in [0, 0.05) is 31.6 Å². The molecule has 2 aromatic heterocycles. The molecule has 0 radical (unpaired) electrons. The second kappa shape index (κ2) is 7.53. The average molecular weight is 291 g/mol. The quantitative estimate of drug-likeness (QED) is 0.668. The van der Waals surface area contributed by atoms with Gasteiger partial charge in [-0.15, -0.1) is 0 Å². The smallest absolute Gasteiger partial charge is 0.241 e. The maximum atomic E-state index is 8.88. The lowest BCUT2D eigenvalue weighted by molar-refractivity contribution is 0.282. The molecule has 1 unspecified atom stereocenters. The summed E-state index contributed by atoms with van der Waals surface area (Å²) in [4.78, 5) is 17.1. The highest BCUT2D eigenvalue weighted by Gasteiger charge is 2.10. The van der Waals surface area contributed by atoms with E-state index in [4.69, 9.17) is 5.11 Å². The van der Waals surface area contributed by atoms with Gasteiger partial charge in [0.05, 0.1) is 0 Å². The summed E-state index contributed by atoms with van der Waals surface area (Å²) in [5.41, 5.74) is 0. The van der Waals surface area contributed by atoms with Crippen LogP contribution in [0.4, 0.5) is 11.9 Å². The van der Waals surface area contributed by atoms with Crippen molar-refractivity contribution in [1.29, 1.82) is 0 Å². The van der Waals surface area contributed by atoms with Gasteiger partial charge < -0.3 is 15.7 Å². The number of hydrogen-bond donors (Lipinski definition) is 3. The Hall–Kier alpha value is -2.22. The van der Waals surface area contributed by atoms with E-state index in [1.54, 1.807) is 23.3 Å². The van der Waals surface area contributed by atoms with Crippen LogP contribution in [0.3, 0.4) is 0 Å². The van der Waals surface area contributed by atoms with Crippen molar-refractivity contribution in [3.05, 3.63) is 18.7 Å². The first-order valence-corrected chi connectivity index (χ1v) is 7.08. The molecule has 0 saturated heterocycles. The van der Waals surface area contributed by atoms with Crippen molar-refractivity contribution >= 4 is 11.9 Å². The number of imidazole rings is 1. The largest absolute Gasteiger partial charge is 0.396 e. The van der Waals surface area contributed by atoms with Crippen LogP contribution in [-0.2, 0) is 0 Å². The minimum absolute atomic E-state index is 0.171. The van der Waals surface area contributed by atoms with Crippen molar-refractivity contribution in [2.45, 2.75) is 32.7 Å². The van der Waals surface area contributed by atoms with Gasteiger partial charge in [0.15, 0.2) is 0 Å². The molecule has 0 bridgehead atoms. The first-order chi connectivity index (χ1) is 10.2. The normalized spacial score (nSPS) is 12.1. The third kappa shape index (κ3) is 4.38. The fourth-order valence-electron chi connectivity index (χ4n) is 1.85. The Morgan fingerprint density at radius 3 is 2.76 bits per heavy atom. The highest BCUT2D eigenvalue weighted by molar-refractivity contribution is 5.38. The maximum absolute atomic E-state index is 8.88. The number of nitrogens with zero attached hydrogens (tertiary/aromatic N) is 5. The van der Waals surface area contributed by atoms with Crippen molar-refractivity contribution < 1.29 is 5.11 Å². The Kier molecular flexibility index (Phi) is 5.44. The van der Waals surface area contributed by atoms with E-state index in [0.717, 1.165) is 19.4 Å². The van der Waals surface area contributed by atoms with Crippen LogP contribution in [0.2, 0.25) is 0 Å². The molecule has 3 N–H and O–H groups in total. The van der Waals surface area contributed by atoms with Crippen LogP contribution in [0.1, 0.15) is 26.7 Å². The second-order valence-electron chi connectivity index (χ2n) is 4.69. The number of aliphatic hydroxyl groups is 1. The summed E-state index contributed by atoms with van der Waals surface area (Å²) >= 11 is 0. The van der Waals surface area contributed by atoms with Crippen molar-refractivity contribution in [2.75, 3.05) is 23.8 Å². The SMILES string of the molecule is CCNc1nc(NC(C)CCCO)nc(-n2ccnc2)n1. The molecule has 0 saturated carbocycles. The first kappa shape index (κ1) is 15.2. The number of anilines is 2. The van der Waals surface area contributed by atoms with Gasteiger partial charge >= 0.3 is 0 Å². The monoisotopic (exact) mass is 291 g/mol. The number of hydrogen-bond acceptors (Lipinski definition) is 7. The number of aliphatic hydroxyl groups excluding tert-OH is 1. The van der Waals surface area contributed by atoms with Gasteiger partial charge in [-0.2, -0.15) is 15.0 Å². The van der Waals surface area contributed by atoms with E-state index in [9.17, 15) is 0 Å². The molecule has 8 heteroatoms. The molecule has 8 nitrogen and oxygen atoms in total. The fraction of sp³-hybridized carbons (Fsp3) is 0.538. The Morgan fingerprint density at radius 2 is 2.10 bits per heavy atom. The van der Waals surface area contributed by atoms with Gasteiger partial charge in [-0.1, -0.05) is 0 Å². The molecule has 1 atom stereocenters. The lowest BCUT2D eigenvalue weighted by Gasteiger charge is -2.14. The molecule has 2 aromatic rings. The van der Waals surface area contributed by atoms with Crippen LogP contribution >= 0.6 is 0 Å². The van der Waals surface area contributed by atoms with Crippen molar-refractivity contribution in [3.8, 4) is 5.95 Å². The van der Waals surface area contributed by atoms with Crippen LogP contribution in [0.5, 0.6) is 0 Å². The van der Waals surface area contributed by atoms with E-state index in [1.165, 1.54) is 0 Å². The van der Waals surface area contributed by atoms with E-state index in [0.29, 0.717) is 17.8 Å². The van der Waals surface area contributed by atoms with Gasteiger partial charge in [0.25, 0.3) is 0 Å². The van der Waals surface area contributed by atoms with Gasteiger partial charge in [0.2, 0.25) is 17.8 Å². The van der Waals surface area contributed by atoms with Crippen LogP contribution in [0.15, 0.2) is 18.7 Å². The van der Waals surface area contributed by atoms with Gasteiger partial charge in [-0.25, -0.2) is 4.98 Å². The molecule has 0 aliphatic carbocycles.